The SMILES string of the molecule is CCCCCCCCC[C@H](O)CC(=O)O. The van der Waals surface area contributed by atoms with Crippen molar-refractivity contribution >= 4 is 5.97 Å². The van der Waals surface area contributed by atoms with Crippen LogP contribution in [0.15, 0.2) is 0 Å². The van der Waals surface area contributed by atoms with Crippen molar-refractivity contribution in [2.75, 3.05) is 0 Å². The molecule has 0 heterocycles. The largest absolute Gasteiger partial charge is 0.481 e. The van der Waals surface area contributed by atoms with Gasteiger partial charge in [-0.15, -0.1) is 0 Å². The standard InChI is InChI=1S/C12H24O3/c1-2-3-4-5-6-7-8-9-11(13)10-12(14)15/h11,13H,2-10H2,1H3,(H,14,15)/t11-/m0/s1. The number of hydrogen-bond donors (Lipinski definition) is 2. The maximum atomic E-state index is 10.3. The molecule has 1 atom stereocenters. The van der Waals surface area contributed by atoms with Crippen LogP contribution in [0, 0.1) is 0 Å². The minimum absolute atomic E-state index is 0.115. The normalized spacial score (nSPS) is 12.7. The van der Waals surface area contributed by atoms with Crippen LogP contribution < -0.4 is 0 Å². The van der Waals surface area contributed by atoms with Crippen LogP contribution in [0.1, 0.15) is 64.7 Å². The van der Waals surface area contributed by atoms with Gasteiger partial charge in [0.25, 0.3) is 0 Å². The van der Waals surface area contributed by atoms with Crippen molar-refractivity contribution in [1.29, 1.82) is 0 Å². The van der Waals surface area contributed by atoms with Gasteiger partial charge in [0.1, 0.15) is 0 Å². The van der Waals surface area contributed by atoms with Crippen molar-refractivity contribution in [3.63, 3.8) is 0 Å². The lowest BCUT2D eigenvalue weighted by Gasteiger charge is -2.06. The maximum Gasteiger partial charge on any atom is 0.305 e. The van der Waals surface area contributed by atoms with E-state index in [9.17, 15) is 9.90 Å². The molecule has 0 fully saturated rings. The van der Waals surface area contributed by atoms with Crippen LogP contribution in [0.3, 0.4) is 0 Å². The maximum absolute atomic E-state index is 10.3. The van der Waals surface area contributed by atoms with Gasteiger partial charge in [-0.05, 0) is 6.42 Å². The van der Waals surface area contributed by atoms with Gasteiger partial charge in [0.2, 0.25) is 0 Å². The summed E-state index contributed by atoms with van der Waals surface area (Å²) < 4.78 is 0. The Morgan fingerprint density at radius 1 is 1.07 bits per heavy atom. The molecule has 3 nitrogen and oxygen atoms in total. The fourth-order valence-electron chi connectivity index (χ4n) is 1.64. The summed E-state index contributed by atoms with van der Waals surface area (Å²) in [5, 5.41) is 17.7. The number of unbranched alkanes of at least 4 members (excludes halogenated alkanes) is 6. The zero-order valence-corrected chi connectivity index (χ0v) is 9.74. The lowest BCUT2D eigenvalue weighted by Crippen LogP contribution is -2.12. The molecule has 0 saturated heterocycles. The van der Waals surface area contributed by atoms with Crippen molar-refractivity contribution in [2.45, 2.75) is 70.8 Å². The molecular weight excluding hydrogens is 192 g/mol. The third-order valence-electron chi connectivity index (χ3n) is 2.55. The predicted molar refractivity (Wildman–Crippen MR) is 60.9 cm³/mol. The first-order valence-corrected chi connectivity index (χ1v) is 6.06. The average molecular weight is 216 g/mol. The molecule has 0 bridgehead atoms. The molecule has 0 amide bonds. The third kappa shape index (κ3) is 11.4. The van der Waals surface area contributed by atoms with E-state index in [2.05, 4.69) is 6.92 Å². The molecule has 0 aromatic carbocycles. The fourth-order valence-corrected chi connectivity index (χ4v) is 1.64. The van der Waals surface area contributed by atoms with Gasteiger partial charge in [-0.2, -0.15) is 0 Å². The second kappa shape index (κ2) is 9.97. The molecule has 0 unspecified atom stereocenters. The molecule has 0 rings (SSSR count). The molecular formula is C12H24O3. The van der Waals surface area contributed by atoms with E-state index in [4.69, 9.17) is 5.11 Å². The molecule has 90 valence electrons. The second-order valence-corrected chi connectivity index (χ2v) is 4.16. The quantitative estimate of drug-likeness (QED) is 0.552. The number of rotatable bonds is 10. The minimum atomic E-state index is -0.912. The highest BCUT2D eigenvalue weighted by Gasteiger charge is 2.08. The zero-order chi connectivity index (χ0) is 11.5. The lowest BCUT2D eigenvalue weighted by molar-refractivity contribution is -0.139. The fraction of sp³-hybridized carbons (Fsp3) is 0.917. The highest BCUT2D eigenvalue weighted by Crippen LogP contribution is 2.10. The summed E-state index contributed by atoms with van der Waals surface area (Å²) in [6, 6.07) is 0. The Bertz CT molecular complexity index is 157. The lowest BCUT2D eigenvalue weighted by atomic mass is 10.1. The molecule has 0 spiro atoms. The van der Waals surface area contributed by atoms with Crippen LogP contribution in [0.4, 0.5) is 0 Å². The van der Waals surface area contributed by atoms with E-state index in [-0.39, 0.29) is 6.42 Å². The number of carbonyl (C=O) groups is 1. The van der Waals surface area contributed by atoms with E-state index in [0.717, 1.165) is 12.8 Å². The topological polar surface area (TPSA) is 57.5 Å². The van der Waals surface area contributed by atoms with Crippen molar-refractivity contribution < 1.29 is 15.0 Å². The van der Waals surface area contributed by atoms with Crippen LogP contribution in [-0.4, -0.2) is 22.3 Å². The molecule has 0 aliphatic carbocycles. The summed E-state index contributed by atoms with van der Waals surface area (Å²) in [5.74, 6) is -0.912. The van der Waals surface area contributed by atoms with Gasteiger partial charge in [0, 0.05) is 0 Å². The Hall–Kier alpha value is -0.570. The summed E-state index contributed by atoms with van der Waals surface area (Å²) in [6.07, 6.45) is 8.25. The predicted octanol–water partition coefficient (Wildman–Crippen LogP) is 2.96. The van der Waals surface area contributed by atoms with Gasteiger partial charge in [-0.3, -0.25) is 4.79 Å². The summed E-state index contributed by atoms with van der Waals surface area (Å²) >= 11 is 0. The van der Waals surface area contributed by atoms with E-state index in [0.29, 0.717) is 6.42 Å². The van der Waals surface area contributed by atoms with Crippen molar-refractivity contribution in [3.05, 3.63) is 0 Å². The molecule has 0 aromatic heterocycles. The van der Waals surface area contributed by atoms with Gasteiger partial charge in [-0.25, -0.2) is 0 Å². The van der Waals surface area contributed by atoms with Gasteiger partial charge in [0.05, 0.1) is 12.5 Å². The summed E-state index contributed by atoms with van der Waals surface area (Å²) in [6.45, 7) is 2.20. The van der Waals surface area contributed by atoms with Crippen molar-refractivity contribution in [1.82, 2.24) is 0 Å². The summed E-state index contributed by atoms with van der Waals surface area (Å²) in [7, 11) is 0. The highest BCUT2D eigenvalue weighted by atomic mass is 16.4. The van der Waals surface area contributed by atoms with Gasteiger partial charge < -0.3 is 10.2 Å². The smallest absolute Gasteiger partial charge is 0.305 e. The van der Waals surface area contributed by atoms with Gasteiger partial charge in [-0.1, -0.05) is 51.9 Å². The van der Waals surface area contributed by atoms with Crippen LogP contribution in [0.5, 0.6) is 0 Å². The first-order chi connectivity index (χ1) is 7.16. The number of hydrogen-bond acceptors (Lipinski definition) is 2. The molecule has 15 heavy (non-hydrogen) atoms. The first-order valence-electron chi connectivity index (χ1n) is 6.06. The number of carboxylic acids is 1. The van der Waals surface area contributed by atoms with E-state index in [1.807, 2.05) is 0 Å². The van der Waals surface area contributed by atoms with E-state index >= 15 is 0 Å². The number of aliphatic hydroxyl groups is 1. The van der Waals surface area contributed by atoms with Crippen LogP contribution in [0.25, 0.3) is 0 Å². The molecule has 0 aliphatic rings. The molecule has 0 aromatic rings. The summed E-state index contributed by atoms with van der Waals surface area (Å²) in [4.78, 5) is 10.3. The Balaban J connectivity index is 3.13. The Morgan fingerprint density at radius 2 is 1.60 bits per heavy atom. The van der Waals surface area contributed by atoms with Crippen LogP contribution >= 0.6 is 0 Å². The van der Waals surface area contributed by atoms with E-state index in [1.165, 1.54) is 32.1 Å². The zero-order valence-electron chi connectivity index (χ0n) is 9.74. The van der Waals surface area contributed by atoms with E-state index < -0.39 is 12.1 Å². The molecule has 0 radical (unpaired) electrons. The van der Waals surface area contributed by atoms with Gasteiger partial charge in [0.15, 0.2) is 0 Å². The highest BCUT2D eigenvalue weighted by molar-refractivity contribution is 5.67. The van der Waals surface area contributed by atoms with Crippen molar-refractivity contribution in [3.8, 4) is 0 Å². The molecule has 0 saturated carbocycles. The summed E-state index contributed by atoms with van der Waals surface area (Å²) in [5.41, 5.74) is 0. The third-order valence-corrected chi connectivity index (χ3v) is 2.55. The Kier molecular flexibility index (Phi) is 9.59. The second-order valence-electron chi connectivity index (χ2n) is 4.16. The molecule has 0 aliphatic heterocycles. The average Bonchev–Trinajstić information content (AvgIpc) is 2.15. The Morgan fingerprint density at radius 3 is 2.13 bits per heavy atom. The number of aliphatic carboxylic acids is 1. The van der Waals surface area contributed by atoms with Crippen LogP contribution in [0.2, 0.25) is 0 Å². The minimum Gasteiger partial charge on any atom is -0.481 e. The molecule has 2 N–H and O–H groups in total. The van der Waals surface area contributed by atoms with E-state index in [1.54, 1.807) is 0 Å². The molecule has 3 heteroatoms. The number of carboxylic acid groups (broad SMARTS) is 1. The van der Waals surface area contributed by atoms with Gasteiger partial charge >= 0.3 is 5.97 Å². The first kappa shape index (κ1) is 14.4. The number of aliphatic hydroxyl groups excluding tert-OH is 1. The van der Waals surface area contributed by atoms with Crippen LogP contribution in [-0.2, 0) is 4.79 Å². The Labute approximate surface area is 92.5 Å². The van der Waals surface area contributed by atoms with Crippen molar-refractivity contribution in [2.24, 2.45) is 0 Å². The monoisotopic (exact) mass is 216 g/mol.